The third-order valence-electron chi connectivity index (χ3n) is 7.80. The van der Waals surface area contributed by atoms with Crippen LogP contribution < -0.4 is 15.2 Å². The standard InChI is InChI=1S/C29H42N6O2/c1-7-34(8-2)12-9-21-10-13-35(14-11-21)20-26-27(37-6)15-22(17-30-26)25-19-33(5)29(36)24-18-31-28(32(3)4)16-23(24)25/h15-19,21H,7-14,20H2,1-6H3. The summed E-state index contributed by atoms with van der Waals surface area (Å²) in [6.07, 6.45) is 9.24. The molecule has 8 heteroatoms. The van der Waals surface area contributed by atoms with Crippen molar-refractivity contribution in [3.05, 3.63) is 46.8 Å². The topological polar surface area (TPSA) is 66.7 Å². The molecule has 8 nitrogen and oxygen atoms in total. The number of nitrogens with zero attached hydrogens (tertiary/aromatic N) is 6. The summed E-state index contributed by atoms with van der Waals surface area (Å²) in [7, 11) is 7.37. The molecule has 0 aromatic carbocycles. The highest BCUT2D eigenvalue weighted by atomic mass is 16.5. The predicted octanol–water partition coefficient (Wildman–Crippen LogP) is 4.01. The first-order valence-electron chi connectivity index (χ1n) is 13.5. The molecule has 0 amide bonds. The monoisotopic (exact) mass is 506 g/mol. The van der Waals surface area contributed by atoms with Crippen molar-refractivity contribution in [2.45, 2.75) is 39.7 Å². The van der Waals surface area contributed by atoms with Crippen LogP contribution in [0.25, 0.3) is 21.9 Å². The predicted molar refractivity (Wildman–Crippen MR) is 151 cm³/mol. The first kappa shape index (κ1) is 27.1. The van der Waals surface area contributed by atoms with Crippen molar-refractivity contribution in [2.75, 3.05) is 58.8 Å². The zero-order chi connectivity index (χ0) is 26.5. The summed E-state index contributed by atoms with van der Waals surface area (Å²) in [4.78, 5) is 29.0. The molecule has 0 saturated carbocycles. The van der Waals surface area contributed by atoms with Crippen LogP contribution in [0.1, 0.15) is 38.8 Å². The number of anilines is 1. The SMILES string of the molecule is CCN(CC)CCC1CCN(Cc2ncc(-c3cn(C)c(=O)c4cnc(N(C)C)cc34)cc2OC)CC1. The summed E-state index contributed by atoms with van der Waals surface area (Å²) in [5.41, 5.74) is 2.76. The summed E-state index contributed by atoms with van der Waals surface area (Å²) < 4.78 is 7.41. The maximum Gasteiger partial charge on any atom is 0.259 e. The van der Waals surface area contributed by atoms with Gasteiger partial charge in [-0.15, -0.1) is 0 Å². The normalized spacial score (nSPS) is 15.0. The lowest BCUT2D eigenvalue weighted by atomic mass is 9.93. The molecule has 0 atom stereocenters. The zero-order valence-corrected chi connectivity index (χ0v) is 23.3. The first-order valence-corrected chi connectivity index (χ1v) is 13.5. The van der Waals surface area contributed by atoms with Crippen molar-refractivity contribution >= 4 is 16.6 Å². The van der Waals surface area contributed by atoms with Crippen LogP contribution in [0.3, 0.4) is 0 Å². The Labute approximate surface area is 220 Å². The molecule has 0 aliphatic carbocycles. The fourth-order valence-corrected chi connectivity index (χ4v) is 5.29. The molecule has 0 unspecified atom stereocenters. The van der Waals surface area contributed by atoms with E-state index < -0.39 is 0 Å². The number of rotatable bonds is 10. The third kappa shape index (κ3) is 6.13. The maximum absolute atomic E-state index is 12.8. The Bertz CT molecular complexity index is 1260. The second-order valence-electron chi connectivity index (χ2n) is 10.3. The van der Waals surface area contributed by atoms with E-state index in [1.54, 1.807) is 24.9 Å². The Hall–Kier alpha value is -2.97. The fraction of sp³-hybridized carbons (Fsp3) is 0.552. The minimum atomic E-state index is -0.0615. The molecule has 1 aliphatic rings. The molecule has 1 fully saturated rings. The lowest BCUT2D eigenvalue weighted by Crippen LogP contribution is -2.35. The van der Waals surface area contributed by atoms with E-state index in [2.05, 4.69) is 28.6 Å². The molecule has 4 rings (SSSR count). The highest BCUT2D eigenvalue weighted by molar-refractivity contribution is 5.96. The molecule has 37 heavy (non-hydrogen) atoms. The van der Waals surface area contributed by atoms with Gasteiger partial charge in [-0.2, -0.15) is 0 Å². The molecule has 0 spiro atoms. The molecule has 1 saturated heterocycles. The average Bonchev–Trinajstić information content (AvgIpc) is 2.92. The van der Waals surface area contributed by atoms with Gasteiger partial charge in [0, 0.05) is 62.8 Å². The number of aromatic nitrogens is 3. The second kappa shape index (κ2) is 12.0. The molecule has 4 heterocycles. The lowest BCUT2D eigenvalue weighted by molar-refractivity contribution is 0.157. The van der Waals surface area contributed by atoms with Crippen LogP contribution in [0.15, 0.2) is 35.5 Å². The van der Waals surface area contributed by atoms with E-state index in [0.29, 0.717) is 5.39 Å². The average molecular weight is 507 g/mol. The smallest absolute Gasteiger partial charge is 0.259 e. The number of pyridine rings is 3. The van der Waals surface area contributed by atoms with Crippen molar-refractivity contribution in [2.24, 2.45) is 13.0 Å². The van der Waals surface area contributed by atoms with E-state index in [-0.39, 0.29) is 5.56 Å². The molecular weight excluding hydrogens is 464 g/mol. The van der Waals surface area contributed by atoms with Crippen LogP contribution in [0.2, 0.25) is 0 Å². The zero-order valence-electron chi connectivity index (χ0n) is 23.3. The van der Waals surface area contributed by atoms with Gasteiger partial charge in [-0.3, -0.25) is 14.7 Å². The van der Waals surface area contributed by atoms with Gasteiger partial charge in [0.15, 0.2) is 0 Å². The molecule has 0 N–H and O–H groups in total. The number of fused-ring (bicyclic) bond motifs is 1. The highest BCUT2D eigenvalue weighted by Crippen LogP contribution is 2.32. The Kier molecular flexibility index (Phi) is 8.82. The van der Waals surface area contributed by atoms with Gasteiger partial charge in [0.25, 0.3) is 5.56 Å². The second-order valence-corrected chi connectivity index (χ2v) is 10.3. The van der Waals surface area contributed by atoms with E-state index in [1.807, 2.05) is 43.5 Å². The van der Waals surface area contributed by atoms with Crippen LogP contribution in [0.4, 0.5) is 5.82 Å². The van der Waals surface area contributed by atoms with Crippen LogP contribution in [-0.4, -0.2) is 78.3 Å². The van der Waals surface area contributed by atoms with Gasteiger partial charge in [-0.05, 0) is 70.0 Å². The van der Waals surface area contributed by atoms with Gasteiger partial charge in [0.05, 0.1) is 18.2 Å². The number of likely N-dealkylation sites (tertiary alicyclic amines) is 1. The molecule has 0 radical (unpaired) electrons. The quantitative estimate of drug-likeness (QED) is 0.412. The van der Waals surface area contributed by atoms with Crippen LogP contribution in [0.5, 0.6) is 5.75 Å². The van der Waals surface area contributed by atoms with Gasteiger partial charge < -0.3 is 19.1 Å². The van der Waals surface area contributed by atoms with Crippen LogP contribution in [-0.2, 0) is 13.6 Å². The Balaban J connectivity index is 1.53. The van der Waals surface area contributed by atoms with Gasteiger partial charge in [0.1, 0.15) is 11.6 Å². The van der Waals surface area contributed by atoms with E-state index >= 15 is 0 Å². The molecule has 0 bridgehead atoms. The maximum atomic E-state index is 12.8. The number of aryl methyl sites for hydroxylation is 1. The van der Waals surface area contributed by atoms with Crippen molar-refractivity contribution in [3.8, 4) is 16.9 Å². The molecule has 3 aromatic rings. The molecule has 1 aliphatic heterocycles. The van der Waals surface area contributed by atoms with Gasteiger partial charge in [0.2, 0.25) is 0 Å². The fourth-order valence-electron chi connectivity index (χ4n) is 5.29. The number of hydrogen-bond donors (Lipinski definition) is 0. The molecular formula is C29H42N6O2. The van der Waals surface area contributed by atoms with Crippen molar-refractivity contribution in [1.82, 2.24) is 24.3 Å². The van der Waals surface area contributed by atoms with E-state index in [1.165, 1.54) is 25.8 Å². The van der Waals surface area contributed by atoms with Gasteiger partial charge in [-0.1, -0.05) is 13.8 Å². The summed E-state index contributed by atoms with van der Waals surface area (Å²) >= 11 is 0. The minimum absolute atomic E-state index is 0.0615. The largest absolute Gasteiger partial charge is 0.495 e. The number of hydrogen-bond acceptors (Lipinski definition) is 7. The minimum Gasteiger partial charge on any atom is -0.495 e. The number of piperidine rings is 1. The Morgan fingerprint density at radius 2 is 1.78 bits per heavy atom. The Morgan fingerprint density at radius 3 is 2.43 bits per heavy atom. The van der Waals surface area contributed by atoms with E-state index in [9.17, 15) is 4.79 Å². The van der Waals surface area contributed by atoms with Crippen molar-refractivity contribution in [1.29, 1.82) is 0 Å². The van der Waals surface area contributed by atoms with Gasteiger partial charge in [-0.25, -0.2) is 4.98 Å². The van der Waals surface area contributed by atoms with Crippen molar-refractivity contribution < 1.29 is 4.74 Å². The summed E-state index contributed by atoms with van der Waals surface area (Å²) in [6.45, 7) is 11.0. The Morgan fingerprint density at radius 1 is 1.05 bits per heavy atom. The molecule has 200 valence electrons. The van der Waals surface area contributed by atoms with Crippen LogP contribution >= 0.6 is 0 Å². The molecule has 3 aromatic heterocycles. The van der Waals surface area contributed by atoms with E-state index in [4.69, 9.17) is 9.72 Å². The summed E-state index contributed by atoms with van der Waals surface area (Å²) in [6, 6.07) is 4.02. The first-order chi connectivity index (χ1) is 17.8. The third-order valence-corrected chi connectivity index (χ3v) is 7.80. The van der Waals surface area contributed by atoms with Crippen molar-refractivity contribution in [3.63, 3.8) is 0 Å². The highest BCUT2D eigenvalue weighted by Gasteiger charge is 2.22. The van der Waals surface area contributed by atoms with Crippen LogP contribution in [0, 0.1) is 5.92 Å². The van der Waals surface area contributed by atoms with Gasteiger partial charge >= 0.3 is 0 Å². The summed E-state index contributed by atoms with van der Waals surface area (Å²) in [5.74, 6) is 2.40. The summed E-state index contributed by atoms with van der Waals surface area (Å²) in [5, 5.41) is 1.46. The lowest BCUT2D eigenvalue weighted by Gasteiger charge is -2.33. The number of ether oxygens (including phenoxy) is 1. The van der Waals surface area contributed by atoms with E-state index in [0.717, 1.165) is 72.4 Å². The number of methoxy groups -OCH3 is 1.